The Morgan fingerprint density at radius 3 is 2.67 bits per heavy atom. The number of carbonyl (C=O) groups excluding carboxylic acids is 1. The van der Waals surface area contributed by atoms with Crippen LogP contribution < -0.4 is 10.1 Å². The molecule has 1 atom stereocenters. The molecule has 166 valence electrons. The maximum absolute atomic E-state index is 12.6. The summed E-state index contributed by atoms with van der Waals surface area (Å²) in [5.41, 5.74) is 1.08. The minimum atomic E-state index is -0.122. The molecule has 1 spiro atoms. The summed E-state index contributed by atoms with van der Waals surface area (Å²) in [7, 11) is 0. The number of carbonyl (C=O) groups is 1. The first-order valence-electron chi connectivity index (χ1n) is 11.9. The van der Waals surface area contributed by atoms with E-state index in [2.05, 4.69) is 42.3 Å². The Hall–Kier alpha value is -1.59. The number of amides is 1. The van der Waals surface area contributed by atoms with E-state index in [4.69, 9.17) is 9.47 Å². The van der Waals surface area contributed by atoms with Crippen LogP contribution in [0.2, 0.25) is 0 Å². The van der Waals surface area contributed by atoms with Gasteiger partial charge in [-0.1, -0.05) is 32.0 Å². The molecule has 2 saturated heterocycles. The van der Waals surface area contributed by atoms with E-state index in [-0.39, 0.29) is 17.4 Å². The van der Waals surface area contributed by atoms with E-state index in [0.29, 0.717) is 12.3 Å². The van der Waals surface area contributed by atoms with Gasteiger partial charge in [-0.15, -0.1) is 0 Å². The maximum atomic E-state index is 12.6. The summed E-state index contributed by atoms with van der Waals surface area (Å²) in [6.07, 6.45) is 5.99. The van der Waals surface area contributed by atoms with Gasteiger partial charge in [-0.05, 0) is 55.6 Å². The molecule has 1 amide bonds. The summed E-state index contributed by atoms with van der Waals surface area (Å²) in [4.78, 5) is 15.2. The largest absolute Gasteiger partial charge is 0.487 e. The number of ether oxygens (including phenoxy) is 2. The third kappa shape index (κ3) is 5.36. The SMILES string of the molecule is CC(C)CNC(=O)C[C@H]1CC2(CCN(CC3CCOCC3)CC2)Oc2ccccc21. The molecule has 1 N–H and O–H groups in total. The fraction of sp³-hybridized carbons (Fsp3) is 0.720. The van der Waals surface area contributed by atoms with E-state index in [1.54, 1.807) is 0 Å². The van der Waals surface area contributed by atoms with Crippen molar-refractivity contribution < 1.29 is 14.3 Å². The van der Waals surface area contributed by atoms with Crippen molar-refractivity contribution in [3.05, 3.63) is 29.8 Å². The van der Waals surface area contributed by atoms with Gasteiger partial charge in [-0.3, -0.25) is 4.79 Å². The number of para-hydroxylation sites is 1. The van der Waals surface area contributed by atoms with E-state index in [1.165, 1.54) is 24.9 Å². The summed E-state index contributed by atoms with van der Waals surface area (Å²) < 4.78 is 12.1. The Kier molecular flexibility index (Phi) is 6.99. The summed E-state index contributed by atoms with van der Waals surface area (Å²) in [5, 5.41) is 3.11. The van der Waals surface area contributed by atoms with Crippen LogP contribution in [-0.2, 0) is 9.53 Å². The van der Waals surface area contributed by atoms with Gasteiger partial charge in [0.25, 0.3) is 0 Å². The number of likely N-dealkylation sites (tertiary alicyclic amines) is 1. The Labute approximate surface area is 181 Å². The highest BCUT2D eigenvalue weighted by molar-refractivity contribution is 5.77. The van der Waals surface area contributed by atoms with Gasteiger partial charge >= 0.3 is 0 Å². The molecule has 4 rings (SSSR count). The Bertz CT molecular complexity index is 706. The van der Waals surface area contributed by atoms with Crippen LogP contribution >= 0.6 is 0 Å². The quantitative estimate of drug-likeness (QED) is 0.765. The van der Waals surface area contributed by atoms with Crippen LogP contribution in [0, 0.1) is 11.8 Å². The number of hydrogen-bond acceptors (Lipinski definition) is 4. The van der Waals surface area contributed by atoms with Crippen molar-refractivity contribution in [1.82, 2.24) is 10.2 Å². The smallest absolute Gasteiger partial charge is 0.220 e. The van der Waals surface area contributed by atoms with E-state index in [9.17, 15) is 4.79 Å². The summed E-state index contributed by atoms with van der Waals surface area (Å²) in [5.74, 6) is 2.64. The first kappa shape index (κ1) is 21.6. The molecule has 3 aliphatic rings. The van der Waals surface area contributed by atoms with Crippen LogP contribution in [0.5, 0.6) is 5.75 Å². The molecule has 2 fully saturated rings. The molecular formula is C25H38N2O3. The molecule has 0 saturated carbocycles. The molecule has 1 aromatic carbocycles. The van der Waals surface area contributed by atoms with Crippen molar-refractivity contribution in [2.45, 2.75) is 63.9 Å². The van der Waals surface area contributed by atoms with Crippen molar-refractivity contribution in [2.75, 3.05) is 39.4 Å². The molecule has 5 heteroatoms. The molecule has 0 bridgehead atoms. The highest BCUT2D eigenvalue weighted by atomic mass is 16.5. The van der Waals surface area contributed by atoms with Crippen LogP contribution in [-0.4, -0.2) is 55.8 Å². The standard InChI is InChI=1S/C25H38N2O3/c1-19(2)17-26-24(28)15-21-16-25(30-23-6-4-3-5-22(21)23)9-11-27(12-10-25)18-20-7-13-29-14-8-20/h3-6,19-21H,7-18H2,1-2H3,(H,26,28)/t21-/m0/s1. The summed E-state index contributed by atoms with van der Waals surface area (Å²) >= 11 is 0. The third-order valence-electron chi connectivity index (χ3n) is 7.07. The fourth-order valence-corrected chi connectivity index (χ4v) is 5.28. The number of nitrogens with zero attached hydrogens (tertiary/aromatic N) is 1. The molecule has 0 radical (unpaired) electrons. The number of piperidine rings is 1. The summed E-state index contributed by atoms with van der Waals surface area (Å²) in [6.45, 7) is 10.2. The molecule has 0 aromatic heterocycles. The van der Waals surface area contributed by atoms with Gasteiger partial charge in [0.05, 0.1) is 0 Å². The molecule has 30 heavy (non-hydrogen) atoms. The number of hydrogen-bond donors (Lipinski definition) is 1. The number of fused-ring (bicyclic) bond motifs is 1. The second kappa shape index (κ2) is 9.69. The van der Waals surface area contributed by atoms with Crippen molar-refractivity contribution in [3.8, 4) is 5.75 Å². The zero-order valence-electron chi connectivity index (χ0n) is 18.7. The average molecular weight is 415 g/mol. The predicted molar refractivity (Wildman–Crippen MR) is 119 cm³/mol. The maximum Gasteiger partial charge on any atom is 0.220 e. The monoisotopic (exact) mass is 414 g/mol. The van der Waals surface area contributed by atoms with Gasteiger partial charge < -0.3 is 19.7 Å². The zero-order chi connectivity index (χ0) is 21.0. The van der Waals surface area contributed by atoms with E-state index >= 15 is 0 Å². The fourth-order valence-electron chi connectivity index (χ4n) is 5.28. The lowest BCUT2D eigenvalue weighted by Crippen LogP contribution is -2.51. The molecule has 3 heterocycles. The van der Waals surface area contributed by atoms with Crippen molar-refractivity contribution in [3.63, 3.8) is 0 Å². The lowest BCUT2D eigenvalue weighted by molar-refractivity contribution is -0.122. The van der Waals surface area contributed by atoms with Gasteiger partial charge in [0.15, 0.2) is 0 Å². The molecule has 3 aliphatic heterocycles. The van der Waals surface area contributed by atoms with Crippen LogP contribution in [0.1, 0.15) is 63.9 Å². The average Bonchev–Trinajstić information content (AvgIpc) is 2.75. The number of benzene rings is 1. The highest BCUT2D eigenvalue weighted by Gasteiger charge is 2.43. The molecule has 1 aromatic rings. The van der Waals surface area contributed by atoms with Gasteiger partial charge in [0, 0.05) is 51.7 Å². The molecule has 0 aliphatic carbocycles. The molecule has 5 nitrogen and oxygen atoms in total. The lowest BCUT2D eigenvalue weighted by Gasteiger charge is -2.47. The van der Waals surface area contributed by atoms with E-state index in [1.807, 2.05) is 6.07 Å². The minimum Gasteiger partial charge on any atom is -0.487 e. The first-order valence-corrected chi connectivity index (χ1v) is 11.9. The predicted octanol–water partition coefficient (Wildman–Crippen LogP) is 3.98. The van der Waals surface area contributed by atoms with Crippen LogP contribution in [0.4, 0.5) is 0 Å². The normalized spacial score (nSPS) is 24.4. The van der Waals surface area contributed by atoms with Gasteiger partial charge in [-0.2, -0.15) is 0 Å². The van der Waals surface area contributed by atoms with E-state index in [0.717, 1.165) is 63.8 Å². The molecular weight excluding hydrogens is 376 g/mol. The van der Waals surface area contributed by atoms with Crippen molar-refractivity contribution >= 4 is 5.91 Å². The first-order chi connectivity index (χ1) is 14.5. The topological polar surface area (TPSA) is 50.8 Å². The second-order valence-corrected chi connectivity index (χ2v) is 9.98. The van der Waals surface area contributed by atoms with E-state index < -0.39 is 0 Å². The number of rotatable bonds is 6. The highest BCUT2D eigenvalue weighted by Crippen LogP contribution is 2.46. The number of nitrogens with one attached hydrogen (secondary N) is 1. The Balaban J connectivity index is 1.39. The van der Waals surface area contributed by atoms with Gasteiger partial charge in [0.2, 0.25) is 5.91 Å². The second-order valence-electron chi connectivity index (χ2n) is 9.98. The van der Waals surface area contributed by atoms with Crippen molar-refractivity contribution in [2.24, 2.45) is 11.8 Å². The van der Waals surface area contributed by atoms with Crippen LogP contribution in [0.15, 0.2) is 24.3 Å². The Morgan fingerprint density at radius 2 is 1.93 bits per heavy atom. The van der Waals surface area contributed by atoms with Crippen LogP contribution in [0.3, 0.4) is 0 Å². The lowest BCUT2D eigenvalue weighted by atomic mass is 9.76. The van der Waals surface area contributed by atoms with Gasteiger partial charge in [0.1, 0.15) is 11.4 Å². The minimum absolute atomic E-state index is 0.122. The third-order valence-corrected chi connectivity index (χ3v) is 7.07. The zero-order valence-corrected chi connectivity index (χ0v) is 18.7. The summed E-state index contributed by atoms with van der Waals surface area (Å²) in [6, 6.07) is 8.34. The van der Waals surface area contributed by atoms with Gasteiger partial charge in [-0.25, -0.2) is 0 Å². The molecule has 0 unspecified atom stereocenters. The van der Waals surface area contributed by atoms with Crippen molar-refractivity contribution in [1.29, 1.82) is 0 Å². The Morgan fingerprint density at radius 1 is 1.20 bits per heavy atom. The van der Waals surface area contributed by atoms with Crippen LogP contribution in [0.25, 0.3) is 0 Å².